The maximum atomic E-state index is 12.7. The molecule has 0 bridgehead atoms. The number of halogens is 3. The monoisotopic (exact) mass is 413 g/mol. The molecular formula is C18H22ClF2N5O2. The standard InChI is InChI=1S/C18H21F2N5O2.ClH/c19-18(20)27-14-3-1-13(2-4-14)17(26)24-8-5-12(6-9-24)16-23-22-15-11-21-7-10-25(15)16;/h1-4,12,18,21H,5-11H2;1H. The molecule has 2 aliphatic rings. The molecule has 1 aromatic heterocycles. The highest BCUT2D eigenvalue weighted by atomic mass is 35.5. The SMILES string of the molecule is Cl.O=C(c1ccc(OC(F)F)cc1)N1CCC(c2nnc3n2CCNC3)CC1. The third kappa shape index (κ3) is 4.25. The van der Waals surface area contributed by atoms with Crippen LogP contribution in [0, 0.1) is 0 Å². The summed E-state index contributed by atoms with van der Waals surface area (Å²) in [5.74, 6) is 2.25. The first-order valence-electron chi connectivity index (χ1n) is 9.08. The number of hydrogen-bond donors (Lipinski definition) is 1. The number of benzene rings is 1. The number of carbonyl (C=O) groups is 1. The van der Waals surface area contributed by atoms with Crippen LogP contribution in [0.1, 0.15) is 40.8 Å². The largest absolute Gasteiger partial charge is 0.435 e. The Bertz CT molecular complexity index is 807. The van der Waals surface area contributed by atoms with E-state index in [1.165, 1.54) is 24.3 Å². The molecule has 0 atom stereocenters. The first-order chi connectivity index (χ1) is 13.1. The van der Waals surface area contributed by atoms with E-state index in [-0.39, 0.29) is 24.1 Å². The van der Waals surface area contributed by atoms with Crippen LogP contribution in [0.3, 0.4) is 0 Å². The normalized spacial score (nSPS) is 17.2. The number of ether oxygens (including phenoxy) is 1. The highest BCUT2D eigenvalue weighted by molar-refractivity contribution is 5.94. The third-order valence-electron chi connectivity index (χ3n) is 5.13. The van der Waals surface area contributed by atoms with E-state index in [2.05, 4.69) is 24.8 Å². The van der Waals surface area contributed by atoms with Crippen LogP contribution in [0.2, 0.25) is 0 Å². The molecule has 1 amide bonds. The van der Waals surface area contributed by atoms with Crippen molar-refractivity contribution in [1.82, 2.24) is 25.0 Å². The minimum Gasteiger partial charge on any atom is -0.435 e. The van der Waals surface area contributed by atoms with Crippen molar-refractivity contribution in [3.63, 3.8) is 0 Å². The van der Waals surface area contributed by atoms with Crippen molar-refractivity contribution in [3.05, 3.63) is 41.5 Å². The summed E-state index contributed by atoms with van der Waals surface area (Å²) in [5.41, 5.74) is 0.473. The molecule has 4 rings (SSSR count). The number of amides is 1. The maximum Gasteiger partial charge on any atom is 0.387 e. The number of aromatic nitrogens is 3. The van der Waals surface area contributed by atoms with E-state index >= 15 is 0 Å². The Hall–Kier alpha value is -2.26. The van der Waals surface area contributed by atoms with Gasteiger partial charge >= 0.3 is 6.61 Å². The Balaban J connectivity index is 0.00000225. The Morgan fingerprint density at radius 2 is 1.86 bits per heavy atom. The molecule has 152 valence electrons. The first-order valence-corrected chi connectivity index (χ1v) is 9.08. The summed E-state index contributed by atoms with van der Waals surface area (Å²) in [6, 6.07) is 5.83. The van der Waals surface area contributed by atoms with Crippen LogP contribution in [0.4, 0.5) is 8.78 Å². The number of hydrogen-bond acceptors (Lipinski definition) is 5. The van der Waals surface area contributed by atoms with Crippen LogP contribution in [0.25, 0.3) is 0 Å². The predicted molar refractivity (Wildman–Crippen MR) is 99.9 cm³/mol. The lowest BCUT2D eigenvalue weighted by molar-refractivity contribution is -0.0498. The predicted octanol–water partition coefficient (Wildman–Crippen LogP) is 2.42. The Morgan fingerprint density at radius 3 is 2.54 bits per heavy atom. The molecule has 1 N–H and O–H groups in total. The van der Waals surface area contributed by atoms with E-state index in [0.29, 0.717) is 24.6 Å². The van der Waals surface area contributed by atoms with Gasteiger partial charge < -0.3 is 19.5 Å². The summed E-state index contributed by atoms with van der Waals surface area (Å²) in [7, 11) is 0. The maximum absolute atomic E-state index is 12.7. The van der Waals surface area contributed by atoms with Crippen LogP contribution in [0.15, 0.2) is 24.3 Å². The summed E-state index contributed by atoms with van der Waals surface area (Å²) >= 11 is 0. The molecule has 2 aromatic rings. The quantitative estimate of drug-likeness (QED) is 0.833. The lowest BCUT2D eigenvalue weighted by Crippen LogP contribution is -2.38. The minimum absolute atomic E-state index is 0. The number of fused-ring (bicyclic) bond motifs is 1. The van der Waals surface area contributed by atoms with E-state index < -0.39 is 6.61 Å². The van der Waals surface area contributed by atoms with Gasteiger partial charge in [-0.05, 0) is 37.1 Å². The van der Waals surface area contributed by atoms with Gasteiger partial charge in [-0.25, -0.2) is 0 Å². The van der Waals surface area contributed by atoms with Gasteiger partial charge in [0.1, 0.15) is 17.4 Å². The van der Waals surface area contributed by atoms with Crippen LogP contribution in [-0.2, 0) is 13.1 Å². The molecule has 0 aliphatic carbocycles. The zero-order valence-electron chi connectivity index (χ0n) is 15.2. The lowest BCUT2D eigenvalue weighted by Gasteiger charge is -2.32. The van der Waals surface area contributed by atoms with E-state index in [4.69, 9.17) is 0 Å². The van der Waals surface area contributed by atoms with Gasteiger partial charge in [0.15, 0.2) is 0 Å². The average Bonchev–Trinajstić information content (AvgIpc) is 3.12. The van der Waals surface area contributed by atoms with Crippen LogP contribution >= 0.6 is 12.4 Å². The molecule has 1 aromatic carbocycles. The Morgan fingerprint density at radius 1 is 1.14 bits per heavy atom. The van der Waals surface area contributed by atoms with Gasteiger partial charge in [0.2, 0.25) is 0 Å². The fourth-order valence-corrected chi connectivity index (χ4v) is 3.72. The first kappa shape index (κ1) is 20.5. The third-order valence-corrected chi connectivity index (χ3v) is 5.13. The summed E-state index contributed by atoms with van der Waals surface area (Å²) in [6.45, 7) is 0.947. The molecule has 10 heteroatoms. The molecule has 0 unspecified atom stereocenters. The fourth-order valence-electron chi connectivity index (χ4n) is 3.72. The number of nitrogens with one attached hydrogen (secondary N) is 1. The topological polar surface area (TPSA) is 72.3 Å². The zero-order valence-corrected chi connectivity index (χ0v) is 16.0. The van der Waals surface area contributed by atoms with E-state index in [1.54, 1.807) is 4.90 Å². The molecular weight excluding hydrogens is 392 g/mol. The van der Waals surface area contributed by atoms with Crippen molar-refractivity contribution in [2.75, 3.05) is 19.6 Å². The van der Waals surface area contributed by atoms with Gasteiger partial charge in [0, 0.05) is 37.7 Å². The van der Waals surface area contributed by atoms with Gasteiger partial charge in [-0.15, -0.1) is 22.6 Å². The highest BCUT2D eigenvalue weighted by Gasteiger charge is 2.29. The van der Waals surface area contributed by atoms with Gasteiger partial charge in [0.25, 0.3) is 5.91 Å². The number of alkyl halides is 2. The molecule has 1 saturated heterocycles. The highest BCUT2D eigenvalue weighted by Crippen LogP contribution is 2.28. The lowest BCUT2D eigenvalue weighted by atomic mass is 9.95. The molecule has 7 nitrogen and oxygen atoms in total. The Labute approximate surface area is 167 Å². The zero-order chi connectivity index (χ0) is 18.8. The van der Waals surface area contributed by atoms with E-state index in [0.717, 1.165) is 44.1 Å². The van der Waals surface area contributed by atoms with Crippen LogP contribution < -0.4 is 10.1 Å². The van der Waals surface area contributed by atoms with E-state index in [9.17, 15) is 13.6 Å². The number of likely N-dealkylation sites (tertiary alicyclic amines) is 1. The molecule has 0 spiro atoms. The van der Waals surface area contributed by atoms with Crippen molar-refractivity contribution >= 4 is 18.3 Å². The summed E-state index contributed by atoms with van der Waals surface area (Å²) in [6.07, 6.45) is 1.67. The second-order valence-electron chi connectivity index (χ2n) is 6.77. The second kappa shape index (κ2) is 8.83. The van der Waals surface area contributed by atoms with Crippen molar-refractivity contribution in [2.24, 2.45) is 0 Å². The van der Waals surface area contributed by atoms with Crippen molar-refractivity contribution in [1.29, 1.82) is 0 Å². The van der Waals surface area contributed by atoms with Gasteiger partial charge in [-0.1, -0.05) is 0 Å². The number of rotatable bonds is 4. The van der Waals surface area contributed by atoms with E-state index in [1.807, 2.05) is 0 Å². The van der Waals surface area contributed by atoms with Crippen molar-refractivity contribution < 1.29 is 18.3 Å². The smallest absolute Gasteiger partial charge is 0.387 e. The molecule has 1 fully saturated rings. The van der Waals surface area contributed by atoms with Gasteiger partial charge in [-0.3, -0.25) is 4.79 Å². The summed E-state index contributed by atoms with van der Waals surface area (Å²) in [4.78, 5) is 14.5. The molecule has 3 heterocycles. The second-order valence-corrected chi connectivity index (χ2v) is 6.77. The molecule has 0 saturated carbocycles. The molecule has 2 aliphatic heterocycles. The van der Waals surface area contributed by atoms with Crippen LogP contribution in [0.5, 0.6) is 5.75 Å². The number of nitrogens with zero attached hydrogens (tertiary/aromatic N) is 4. The number of piperidine rings is 1. The molecule has 0 radical (unpaired) electrons. The van der Waals surface area contributed by atoms with Crippen molar-refractivity contribution in [3.8, 4) is 5.75 Å². The summed E-state index contributed by atoms with van der Waals surface area (Å²) in [5, 5.41) is 11.9. The Kier molecular flexibility index (Phi) is 6.46. The average molecular weight is 414 g/mol. The fraction of sp³-hybridized carbons (Fsp3) is 0.500. The van der Waals surface area contributed by atoms with Crippen LogP contribution in [-0.4, -0.2) is 51.8 Å². The van der Waals surface area contributed by atoms with Gasteiger partial charge in [0.05, 0.1) is 6.54 Å². The minimum atomic E-state index is -2.87. The van der Waals surface area contributed by atoms with Crippen molar-refractivity contribution in [2.45, 2.75) is 38.5 Å². The molecule has 28 heavy (non-hydrogen) atoms. The summed E-state index contributed by atoms with van der Waals surface area (Å²) < 4.78 is 30.9. The van der Waals surface area contributed by atoms with Gasteiger partial charge in [-0.2, -0.15) is 8.78 Å². The number of carbonyl (C=O) groups excluding carboxylic acids is 1.